The highest BCUT2D eigenvalue weighted by Gasteiger charge is 2.39. The van der Waals surface area contributed by atoms with E-state index in [-0.39, 0.29) is 6.54 Å². The van der Waals surface area contributed by atoms with E-state index >= 15 is 0 Å². The van der Waals surface area contributed by atoms with E-state index in [4.69, 9.17) is 0 Å². The van der Waals surface area contributed by atoms with Gasteiger partial charge in [-0.25, -0.2) is 8.78 Å². The van der Waals surface area contributed by atoms with Crippen LogP contribution < -0.4 is 5.32 Å². The van der Waals surface area contributed by atoms with E-state index in [1.54, 1.807) is 18.5 Å². The summed E-state index contributed by atoms with van der Waals surface area (Å²) in [6.07, 6.45) is -0.392. The molecule has 0 aliphatic rings. The topological polar surface area (TPSA) is 27.8 Å². The minimum atomic E-state index is -3.96. The van der Waals surface area contributed by atoms with E-state index in [1.165, 1.54) is 0 Å². The highest BCUT2D eigenvalue weighted by Crippen LogP contribution is 2.21. The van der Waals surface area contributed by atoms with Gasteiger partial charge in [-0.3, -0.25) is 0 Å². The number of nitrogens with one attached hydrogen (secondary N) is 2. The van der Waals surface area contributed by atoms with Gasteiger partial charge in [0.05, 0.1) is 6.54 Å². The third kappa shape index (κ3) is 3.02. The Hall–Kier alpha value is -1.04. The van der Waals surface area contributed by atoms with Gasteiger partial charge in [-0.1, -0.05) is 0 Å². The molecule has 0 aliphatic heterocycles. The first-order valence-electron chi connectivity index (χ1n) is 4.01. The smallest absolute Gasteiger partial charge is 0.319 e. The van der Waals surface area contributed by atoms with Crippen molar-refractivity contribution in [3.05, 3.63) is 24.0 Å². The van der Waals surface area contributed by atoms with E-state index in [0.717, 1.165) is 5.56 Å². The van der Waals surface area contributed by atoms with Gasteiger partial charge in [0.2, 0.25) is 0 Å². The van der Waals surface area contributed by atoms with Crippen molar-refractivity contribution in [2.45, 2.75) is 18.9 Å². The molecule has 2 N–H and O–H groups in total. The molecule has 0 fully saturated rings. The van der Waals surface area contributed by atoms with Gasteiger partial charge in [-0.05, 0) is 11.6 Å². The summed E-state index contributed by atoms with van der Waals surface area (Å²) in [4.78, 5) is 2.72. The second-order valence-electron chi connectivity index (χ2n) is 2.88. The molecule has 80 valence electrons. The number of aromatic amines is 1. The number of rotatable bonds is 5. The molecule has 14 heavy (non-hydrogen) atoms. The minimum absolute atomic E-state index is 0.145. The molecule has 0 amide bonds. The maximum absolute atomic E-state index is 12.4. The van der Waals surface area contributed by atoms with Crippen LogP contribution in [-0.2, 0) is 6.54 Å². The molecule has 0 aliphatic carbocycles. The normalized spacial score (nSPS) is 12.4. The number of alkyl halides is 4. The van der Waals surface area contributed by atoms with Crippen molar-refractivity contribution in [1.29, 1.82) is 0 Å². The van der Waals surface area contributed by atoms with Gasteiger partial charge in [0.1, 0.15) is 0 Å². The first-order chi connectivity index (χ1) is 6.52. The van der Waals surface area contributed by atoms with Gasteiger partial charge in [0.15, 0.2) is 0 Å². The van der Waals surface area contributed by atoms with Crippen molar-refractivity contribution in [2.24, 2.45) is 0 Å². The number of halogens is 4. The van der Waals surface area contributed by atoms with Crippen LogP contribution in [0.2, 0.25) is 0 Å². The second-order valence-corrected chi connectivity index (χ2v) is 2.88. The molecular weight excluding hydrogens is 200 g/mol. The average molecular weight is 210 g/mol. The highest BCUT2D eigenvalue weighted by molar-refractivity contribution is 5.07. The predicted octanol–water partition coefficient (Wildman–Crippen LogP) is 2.00. The fraction of sp³-hybridized carbons (Fsp3) is 0.500. The molecule has 1 aromatic rings. The molecule has 0 spiro atoms. The SMILES string of the molecule is FC(F)C(F)(F)CNCc1cc[nH]c1. The van der Waals surface area contributed by atoms with Crippen LogP contribution in [0.4, 0.5) is 17.6 Å². The molecule has 0 unspecified atom stereocenters. The van der Waals surface area contributed by atoms with Crippen molar-refractivity contribution < 1.29 is 17.6 Å². The lowest BCUT2D eigenvalue weighted by Gasteiger charge is -2.15. The van der Waals surface area contributed by atoms with Crippen LogP contribution in [0.25, 0.3) is 0 Å². The Morgan fingerprint density at radius 1 is 1.43 bits per heavy atom. The van der Waals surface area contributed by atoms with Crippen LogP contribution in [0, 0.1) is 0 Å². The summed E-state index contributed by atoms with van der Waals surface area (Å²) in [5.74, 6) is -3.96. The van der Waals surface area contributed by atoms with E-state index in [1.807, 2.05) is 0 Å². The molecule has 0 bridgehead atoms. The second kappa shape index (κ2) is 4.45. The molecular formula is C8H10F4N2. The molecule has 6 heteroatoms. The van der Waals surface area contributed by atoms with Crippen LogP contribution in [0.5, 0.6) is 0 Å². The number of hydrogen-bond donors (Lipinski definition) is 2. The fourth-order valence-corrected chi connectivity index (χ4v) is 0.919. The Bertz CT molecular complexity index is 258. The van der Waals surface area contributed by atoms with Crippen LogP contribution in [0.3, 0.4) is 0 Å². The lowest BCUT2D eigenvalue weighted by atomic mass is 10.3. The van der Waals surface area contributed by atoms with Crippen LogP contribution in [0.15, 0.2) is 18.5 Å². The summed E-state index contributed by atoms with van der Waals surface area (Å²) in [5.41, 5.74) is 0.745. The van der Waals surface area contributed by atoms with Gasteiger partial charge in [0, 0.05) is 18.9 Å². The van der Waals surface area contributed by atoms with E-state index in [9.17, 15) is 17.6 Å². The zero-order valence-electron chi connectivity index (χ0n) is 7.24. The van der Waals surface area contributed by atoms with Gasteiger partial charge in [-0.15, -0.1) is 0 Å². The summed E-state index contributed by atoms with van der Waals surface area (Å²) < 4.78 is 48.1. The molecule has 0 saturated heterocycles. The van der Waals surface area contributed by atoms with Crippen molar-refractivity contribution in [1.82, 2.24) is 10.3 Å². The summed E-state index contributed by atoms with van der Waals surface area (Å²) >= 11 is 0. The van der Waals surface area contributed by atoms with Crippen molar-refractivity contribution in [3.8, 4) is 0 Å². The Labute approximate surface area is 78.3 Å². The van der Waals surface area contributed by atoms with Crippen LogP contribution in [0.1, 0.15) is 5.56 Å². The zero-order chi connectivity index (χ0) is 10.6. The molecule has 2 nitrogen and oxygen atoms in total. The number of hydrogen-bond acceptors (Lipinski definition) is 1. The Balaban J connectivity index is 2.28. The Morgan fingerprint density at radius 3 is 2.64 bits per heavy atom. The molecule has 0 aromatic carbocycles. The summed E-state index contributed by atoms with van der Waals surface area (Å²) in [7, 11) is 0. The number of H-pyrrole nitrogens is 1. The lowest BCUT2D eigenvalue weighted by Crippen LogP contribution is -2.38. The average Bonchev–Trinajstić information content (AvgIpc) is 2.56. The third-order valence-corrected chi connectivity index (χ3v) is 1.67. The van der Waals surface area contributed by atoms with E-state index in [2.05, 4.69) is 10.3 Å². The van der Waals surface area contributed by atoms with E-state index < -0.39 is 18.9 Å². The first-order valence-corrected chi connectivity index (χ1v) is 4.01. The molecule has 1 rings (SSSR count). The van der Waals surface area contributed by atoms with Gasteiger partial charge >= 0.3 is 12.3 Å². The van der Waals surface area contributed by atoms with Crippen LogP contribution >= 0.6 is 0 Å². The molecule has 0 radical (unpaired) electrons. The first kappa shape index (κ1) is 11.0. The Morgan fingerprint density at radius 2 is 2.14 bits per heavy atom. The fourth-order valence-electron chi connectivity index (χ4n) is 0.919. The van der Waals surface area contributed by atoms with Gasteiger partial charge in [-0.2, -0.15) is 8.78 Å². The maximum Gasteiger partial charge on any atom is 0.319 e. The maximum atomic E-state index is 12.4. The summed E-state index contributed by atoms with van der Waals surface area (Å²) in [6, 6.07) is 1.67. The molecule has 0 saturated carbocycles. The minimum Gasteiger partial charge on any atom is -0.367 e. The molecule has 1 heterocycles. The number of aromatic nitrogens is 1. The summed E-state index contributed by atoms with van der Waals surface area (Å²) in [6.45, 7) is -0.873. The van der Waals surface area contributed by atoms with E-state index in [0.29, 0.717) is 0 Å². The monoisotopic (exact) mass is 210 g/mol. The highest BCUT2D eigenvalue weighted by atomic mass is 19.3. The van der Waals surface area contributed by atoms with Crippen LogP contribution in [-0.4, -0.2) is 23.9 Å². The van der Waals surface area contributed by atoms with Crippen molar-refractivity contribution in [3.63, 3.8) is 0 Å². The van der Waals surface area contributed by atoms with Gasteiger partial charge < -0.3 is 10.3 Å². The van der Waals surface area contributed by atoms with Gasteiger partial charge in [0.25, 0.3) is 0 Å². The molecule has 1 aromatic heterocycles. The Kier molecular flexibility index (Phi) is 3.51. The predicted molar refractivity (Wildman–Crippen MR) is 43.5 cm³/mol. The summed E-state index contributed by atoms with van der Waals surface area (Å²) in [5, 5.41) is 2.26. The van der Waals surface area contributed by atoms with Crippen molar-refractivity contribution in [2.75, 3.05) is 6.54 Å². The lowest BCUT2D eigenvalue weighted by molar-refractivity contribution is -0.125. The largest absolute Gasteiger partial charge is 0.367 e. The third-order valence-electron chi connectivity index (χ3n) is 1.67. The zero-order valence-corrected chi connectivity index (χ0v) is 7.24. The standard InChI is InChI=1S/C8H10F4N2/c9-7(10)8(11,12)5-14-4-6-1-2-13-3-6/h1-3,7,13-14H,4-5H2. The molecule has 0 atom stereocenters. The van der Waals surface area contributed by atoms with Crippen molar-refractivity contribution >= 4 is 0 Å². The quantitative estimate of drug-likeness (QED) is 0.715.